The molecule has 6 heteroatoms. The first-order chi connectivity index (χ1) is 11.1. The highest BCUT2D eigenvalue weighted by molar-refractivity contribution is 6.33. The summed E-state index contributed by atoms with van der Waals surface area (Å²) in [6, 6.07) is 10.6. The van der Waals surface area contributed by atoms with Crippen molar-refractivity contribution < 1.29 is 9.18 Å². The molecule has 0 radical (unpaired) electrons. The third kappa shape index (κ3) is 3.79. The molecule has 0 unspecified atom stereocenters. The molecule has 2 heterocycles. The molecule has 3 rings (SSSR count). The maximum Gasteiger partial charge on any atom is 0.255 e. The largest absolute Gasteiger partial charge is 0.381 e. The number of aromatic nitrogens is 1. The Morgan fingerprint density at radius 3 is 2.61 bits per heavy atom. The molecule has 1 fully saturated rings. The molecule has 2 aromatic rings. The SMILES string of the molecule is O=C(c1ccc(F)nc1)N1CCC(Nc2ccccc2Cl)CC1. The Labute approximate surface area is 139 Å². The van der Waals surface area contributed by atoms with Crippen LogP contribution < -0.4 is 5.32 Å². The minimum atomic E-state index is -0.579. The van der Waals surface area contributed by atoms with Crippen molar-refractivity contribution in [3.63, 3.8) is 0 Å². The van der Waals surface area contributed by atoms with Gasteiger partial charge in [-0.2, -0.15) is 4.39 Å². The Bertz CT molecular complexity index is 684. The Hall–Kier alpha value is -2.14. The molecule has 1 saturated heterocycles. The highest BCUT2D eigenvalue weighted by Gasteiger charge is 2.24. The lowest BCUT2D eigenvalue weighted by Gasteiger charge is -2.33. The smallest absolute Gasteiger partial charge is 0.255 e. The number of carbonyl (C=O) groups is 1. The lowest BCUT2D eigenvalue weighted by molar-refractivity contribution is 0.0718. The van der Waals surface area contributed by atoms with E-state index in [0.29, 0.717) is 23.7 Å². The molecule has 0 atom stereocenters. The lowest BCUT2D eigenvalue weighted by atomic mass is 10.0. The molecule has 1 aromatic heterocycles. The molecule has 23 heavy (non-hydrogen) atoms. The van der Waals surface area contributed by atoms with Crippen molar-refractivity contribution in [3.05, 3.63) is 59.1 Å². The number of carbonyl (C=O) groups excluding carboxylic acids is 1. The topological polar surface area (TPSA) is 45.2 Å². The van der Waals surface area contributed by atoms with Crippen LogP contribution in [0, 0.1) is 5.95 Å². The minimum Gasteiger partial charge on any atom is -0.381 e. The molecular formula is C17H17ClFN3O. The minimum absolute atomic E-state index is 0.103. The first kappa shape index (κ1) is 15.7. The summed E-state index contributed by atoms with van der Waals surface area (Å²) in [5.41, 5.74) is 1.34. The zero-order chi connectivity index (χ0) is 16.2. The fourth-order valence-corrected chi connectivity index (χ4v) is 2.90. The number of rotatable bonds is 3. The summed E-state index contributed by atoms with van der Waals surface area (Å²) in [4.78, 5) is 17.7. The van der Waals surface area contributed by atoms with E-state index in [4.69, 9.17) is 11.6 Å². The molecule has 1 aromatic carbocycles. The molecule has 4 nitrogen and oxygen atoms in total. The summed E-state index contributed by atoms with van der Waals surface area (Å²) in [5.74, 6) is -0.683. The molecule has 1 N–H and O–H groups in total. The lowest BCUT2D eigenvalue weighted by Crippen LogP contribution is -2.42. The van der Waals surface area contributed by atoms with E-state index in [1.807, 2.05) is 24.3 Å². The number of hydrogen-bond acceptors (Lipinski definition) is 3. The average Bonchev–Trinajstić information content (AvgIpc) is 2.58. The number of anilines is 1. The molecule has 0 saturated carbocycles. The van der Waals surface area contributed by atoms with Crippen molar-refractivity contribution in [1.29, 1.82) is 0 Å². The number of pyridine rings is 1. The molecule has 1 amide bonds. The highest BCUT2D eigenvalue weighted by atomic mass is 35.5. The van der Waals surface area contributed by atoms with E-state index in [1.54, 1.807) is 4.90 Å². The van der Waals surface area contributed by atoms with Gasteiger partial charge >= 0.3 is 0 Å². The number of amides is 1. The number of nitrogens with zero attached hydrogens (tertiary/aromatic N) is 2. The van der Waals surface area contributed by atoms with E-state index in [1.165, 1.54) is 18.3 Å². The number of nitrogens with one attached hydrogen (secondary N) is 1. The highest BCUT2D eigenvalue weighted by Crippen LogP contribution is 2.24. The average molecular weight is 334 g/mol. The maximum atomic E-state index is 12.8. The van der Waals surface area contributed by atoms with Crippen molar-refractivity contribution in [1.82, 2.24) is 9.88 Å². The van der Waals surface area contributed by atoms with E-state index < -0.39 is 5.95 Å². The predicted molar refractivity (Wildman–Crippen MR) is 88.2 cm³/mol. The van der Waals surface area contributed by atoms with E-state index in [9.17, 15) is 9.18 Å². The Balaban J connectivity index is 1.57. The first-order valence-electron chi connectivity index (χ1n) is 7.55. The monoisotopic (exact) mass is 333 g/mol. The van der Waals surface area contributed by atoms with Crippen LogP contribution in [0.15, 0.2) is 42.6 Å². The van der Waals surface area contributed by atoms with Gasteiger partial charge in [0, 0.05) is 25.3 Å². The Morgan fingerprint density at radius 1 is 1.22 bits per heavy atom. The zero-order valence-electron chi connectivity index (χ0n) is 12.5. The van der Waals surface area contributed by atoms with Gasteiger partial charge in [-0.1, -0.05) is 23.7 Å². The third-order valence-corrected chi connectivity index (χ3v) is 4.32. The number of piperidine rings is 1. The van der Waals surface area contributed by atoms with Gasteiger partial charge < -0.3 is 10.2 Å². The summed E-state index contributed by atoms with van der Waals surface area (Å²) in [5, 5.41) is 4.12. The fourth-order valence-electron chi connectivity index (χ4n) is 2.71. The van der Waals surface area contributed by atoms with Gasteiger partial charge in [-0.15, -0.1) is 0 Å². The maximum absolute atomic E-state index is 12.8. The van der Waals surface area contributed by atoms with Crippen LogP contribution in [-0.2, 0) is 0 Å². The Morgan fingerprint density at radius 2 is 1.96 bits per heavy atom. The Kier molecular flexibility index (Phi) is 4.76. The summed E-state index contributed by atoms with van der Waals surface area (Å²) in [7, 11) is 0. The van der Waals surface area contributed by atoms with Crippen LogP contribution in [0.3, 0.4) is 0 Å². The fraction of sp³-hybridized carbons (Fsp3) is 0.294. The van der Waals surface area contributed by atoms with Gasteiger partial charge in [-0.25, -0.2) is 4.98 Å². The number of para-hydroxylation sites is 1. The van der Waals surface area contributed by atoms with Crippen molar-refractivity contribution in [2.45, 2.75) is 18.9 Å². The standard InChI is InChI=1S/C17H17ClFN3O/c18-14-3-1-2-4-15(14)21-13-7-9-22(10-8-13)17(23)12-5-6-16(19)20-11-12/h1-6,11,13,21H,7-10H2. The van der Waals surface area contributed by atoms with Crippen LogP contribution in [0.25, 0.3) is 0 Å². The third-order valence-electron chi connectivity index (χ3n) is 3.99. The first-order valence-corrected chi connectivity index (χ1v) is 7.93. The van der Waals surface area contributed by atoms with E-state index in [2.05, 4.69) is 10.3 Å². The number of benzene rings is 1. The summed E-state index contributed by atoms with van der Waals surface area (Å²) < 4.78 is 12.8. The van der Waals surface area contributed by atoms with Crippen LogP contribution in [-0.4, -0.2) is 34.9 Å². The number of likely N-dealkylation sites (tertiary alicyclic amines) is 1. The summed E-state index contributed by atoms with van der Waals surface area (Å²) in [6.07, 6.45) is 2.96. The normalized spacial score (nSPS) is 15.5. The molecular weight excluding hydrogens is 317 g/mol. The van der Waals surface area contributed by atoms with Crippen molar-refractivity contribution >= 4 is 23.2 Å². The second-order valence-corrected chi connectivity index (χ2v) is 5.97. The summed E-state index contributed by atoms with van der Waals surface area (Å²) in [6.45, 7) is 1.30. The molecule has 1 aliphatic rings. The van der Waals surface area contributed by atoms with Crippen LogP contribution >= 0.6 is 11.6 Å². The van der Waals surface area contributed by atoms with E-state index in [-0.39, 0.29) is 11.9 Å². The van der Waals surface area contributed by atoms with E-state index in [0.717, 1.165) is 18.5 Å². The second kappa shape index (κ2) is 6.96. The molecule has 0 aliphatic carbocycles. The van der Waals surface area contributed by atoms with Gasteiger partial charge in [-0.3, -0.25) is 4.79 Å². The van der Waals surface area contributed by atoms with Gasteiger partial charge in [0.05, 0.1) is 16.3 Å². The predicted octanol–water partition coefficient (Wildman–Crippen LogP) is 3.59. The quantitative estimate of drug-likeness (QED) is 0.873. The van der Waals surface area contributed by atoms with E-state index >= 15 is 0 Å². The number of halogens is 2. The van der Waals surface area contributed by atoms with Gasteiger partial charge in [0.2, 0.25) is 5.95 Å². The van der Waals surface area contributed by atoms with Crippen LogP contribution in [0.4, 0.5) is 10.1 Å². The van der Waals surface area contributed by atoms with Crippen molar-refractivity contribution in [3.8, 4) is 0 Å². The number of hydrogen-bond donors (Lipinski definition) is 1. The van der Waals surface area contributed by atoms with Crippen LogP contribution in [0.2, 0.25) is 5.02 Å². The summed E-state index contributed by atoms with van der Waals surface area (Å²) >= 11 is 6.15. The van der Waals surface area contributed by atoms with Crippen molar-refractivity contribution in [2.75, 3.05) is 18.4 Å². The van der Waals surface area contributed by atoms with Gasteiger partial charge in [0.1, 0.15) is 0 Å². The van der Waals surface area contributed by atoms with Gasteiger partial charge in [-0.05, 0) is 37.1 Å². The van der Waals surface area contributed by atoms with Crippen LogP contribution in [0.1, 0.15) is 23.2 Å². The molecule has 120 valence electrons. The second-order valence-electron chi connectivity index (χ2n) is 5.56. The molecule has 0 spiro atoms. The van der Waals surface area contributed by atoms with Gasteiger partial charge in [0.25, 0.3) is 5.91 Å². The van der Waals surface area contributed by atoms with Crippen LogP contribution in [0.5, 0.6) is 0 Å². The molecule has 1 aliphatic heterocycles. The van der Waals surface area contributed by atoms with Gasteiger partial charge in [0.15, 0.2) is 0 Å². The van der Waals surface area contributed by atoms with Crippen molar-refractivity contribution in [2.24, 2.45) is 0 Å². The zero-order valence-corrected chi connectivity index (χ0v) is 13.3. The molecule has 0 bridgehead atoms.